The molecule has 1 aromatic rings. The third-order valence-corrected chi connectivity index (χ3v) is 6.19. The number of H-pyrrole nitrogens is 1. The Kier molecular flexibility index (Phi) is 4.54. The van der Waals surface area contributed by atoms with E-state index in [1.54, 1.807) is 18.7 Å². The van der Waals surface area contributed by atoms with E-state index in [-0.39, 0.29) is 17.6 Å². The molecule has 1 heterocycles. The number of hydrogen-bond acceptors (Lipinski definition) is 5. The number of nitrogens with one attached hydrogen (secondary N) is 2. The summed E-state index contributed by atoms with van der Waals surface area (Å²) in [6.45, 7) is 1.93. The van der Waals surface area contributed by atoms with Crippen LogP contribution >= 0.6 is 11.8 Å². The molecule has 1 aliphatic carbocycles. The molecule has 0 aliphatic heterocycles. The highest BCUT2D eigenvalue weighted by atomic mass is 32.2. The van der Waals surface area contributed by atoms with E-state index >= 15 is 0 Å². The summed E-state index contributed by atoms with van der Waals surface area (Å²) >= 11 is 1.71. The number of aromatic amines is 1. The standard InChI is InChI=1S/C11H20N4O2S2/c1-7-8(6-12)11(14-13-7)19(16,17)15-9-4-3-5-10(9)18-2/h9-10,15H,3-6,12H2,1-2H3,(H,13,14). The Balaban J connectivity index is 2.23. The summed E-state index contributed by atoms with van der Waals surface area (Å²) < 4.78 is 27.5. The first-order chi connectivity index (χ1) is 8.99. The van der Waals surface area contributed by atoms with Crippen LogP contribution in [0.2, 0.25) is 0 Å². The zero-order valence-corrected chi connectivity index (χ0v) is 12.8. The van der Waals surface area contributed by atoms with Gasteiger partial charge in [-0.2, -0.15) is 16.9 Å². The van der Waals surface area contributed by atoms with Crippen LogP contribution in [-0.2, 0) is 16.6 Å². The Labute approximate surface area is 118 Å². The first kappa shape index (κ1) is 14.8. The van der Waals surface area contributed by atoms with E-state index in [4.69, 9.17) is 5.73 Å². The van der Waals surface area contributed by atoms with Gasteiger partial charge in [0.2, 0.25) is 0 Å². The van der Waals surface area contributed by atoms with Crippen molar-refractivity contribution in [1.29, 1.82) is 0 Å². The fraction of sp³-hybridized carbons (Fsp3) is 0.727. The highest BCUT2D eigenvalue weighted by Gasteiger charge is 2.32. The van der Waals surface area contributed by atoms with Gasteiger partial charge in [0.1, 0.15) is 0 Å². The molecule has 1 aliphatic rings. The second kappa shape index (κ2) is 5.82. The van der Waals surface area contributed by atoms with Crippen molar-refractivity contribution in [1.82, 2.24) is 14.9 Å². The lowest BCUT2D eigenvalue weighted by molar-refractivity contribution is 0.550. The van der Waals surface area contributed by atoms with Crippen molar-refractivity contribution >= 4 is 21.8 Å². The molecule has 2 atom stereocenters. The summed E-state index contributed by atoms with van der Waals surface area (Å²) in [6.07, 6.45) is 5.01. The first-order valence-corrected chi connectivity index (χ1v) is 9.05. The number of rotatable bonds is 5. The van der Waals surface area contributed by atoms with Crippen LogP contribution in [0.25, 0.3) is 0 Å². The Morgan fingerprint density at radius 3 is 2.89 bits per heavy atom. The maximum atomic E-state index is 12.4. The van der Waals surface area contributed by atoms with Crippen LogP contribution < -0.4 is 10.5 Å². The highest BCUT2D eigenvalue weighted by molar-refractivity contribution is 7.99. The van der Waals surface area contributed by atoms with E-state index in [0.29, 0.717) is 16.5 Å². The first-order valence-electron chi connectivity index (χ1n) is 6.28. The molecule has 0 bridgehead atoms. The maximum Gasteiger partial charge on any atom is 0.260 e. The summed E-state index contributed by atoms with van der Waals surface area (Å²) in [4.78, 5) is 0. The molecule has 0 spiro atoms. The van der Waals surface area contributed by atoms with E-state index in [1.807, 2.05) is 6.26 Å². The van der Waals surface area contributed by atoms with Gasteiger partial charge in [-0.3, -0.25) is 5.10 Å². The topological polar surface area (TPSA) is 101 Å². The van der Waals surface area contributed by atoms with Crippen LogP contribution in [0.3, 0.4) is 0 Å². The smallest absolute Gasteiger partial charge is 0.260 e. The minimum Gasteiger partial charge on any atom is -0.326 e. The van der Waals surface area contributed by atoms with E-state index in [2.05, 4.69) is 14.9 Å². The lowest BCUT2D eigenvalue weighted by Crippen LogP contribution is -2.39. The van der Waals surface area contributed by atoms with E-state index in [1.165, 1.54) is 0 Å². The molecular formula is C11H20N4O2S2. The minimum absolute atomic E-state index is 0.0115. The number of hydrogen-bond donors (Lipinski definition) is 3. The average Bonchev–Trinajstić information content (AvgIpc) is 2.94. The molecule has 1 saturated carbocycles. The van der Waals surface area contributed by atoms with Gasteiger partial charge < -0.3 is 5.73 Å². The van der Waals surface area contributed by atoms with Gasteiger partial charge in [-0.15, -0.1) is 0 Å². The SMILES string of the molecule is CSC1CCCC1NS(=O)(=O)c1n[nH]c(C)c1CN. The lowest BCUT2D eigenvalue weighted by Gasteiger charge is -2.18. The Bertz CT molecular complexity index is 541. The quantitative estimate of drug-likeness (QED) is 0.745. The van der Waals surface area contributed by atoms with Gasteiger partial charge in [0.25, 0.3) is 10.0 Å². The van der Waals surface area contributed by atoms with E-state index in [9.17, 15) is 8.42 Å². The molecule has 4 N–H and O–H groups in total. The van der Waals surface area contributed by atoms with Crippen LogP contribution in [0.4, 0.5) is 0 Å². The van der Waals surface area contributed by atoms with Crippen LogP contribution in [-0.4, -0.2) is 36.2 Å². The van der Waals surface area contributed by atoms with Gasteiger partial charge in [0, 0.05) is 29.1 Å². The van der Waals surface area contributed by atoms with Crippen molar-refractivity contribution in [2.45, 2.75) is 49.0 Å². The van der Waals surface area contributed by atoms with Crippen LogP contribution in [0.1, 0.15) is 30.5 Å². The summed E-state index contributed by atoms with van der Waals surface area (Å²) in [5.74, 6) is 0. The summed E-state index contributed by atoms with van der Waals surface area (Å²) in [7, 11) is -3.59. The molecule has 0 radical (unpaired) electrons. The molecule has 6 nitrogen and oxygen atoms in total. The van der Waals surface area contributed by atoms with Crippen molar-refractivity contribution in [3.8, 4) is 0 Å². The Morgan fingerprint density at radius 2 is 2.26 bits per heavy atom. The van der Waals surface area contributed by atoms with E-state index in [0.717, 1.165) is 19.3 Å². The Morgan fingerprint density at radius 1 is 1.53 bits per heavy atom. The predicted octanol–water partition coefficient (Wildman–Crippen LogP) is 0.739. The second-order valence-corrected chi connectivity index (χ2v) is 7.48. The highest BCUT2D eigenvalue weighted by Crippen LogP contribution is 2.29. The van der Waals surface area contributed by atoms with Gasteiger partial charge in [0.05, 0.1) is 0 Å². The van der Waals surface area contributed by atoms with Crippen LogP contribution in [0, 0.1) is 6.92 Å². The maximum absolute atomic E-state index is 12.4. The van der Waals surface area contributed by atoms with Crippen molar-refractivity contribution in [2.75, 3.05) is 6.26 Å². The lowest BCUT2D eigenvalue weighted by atomic mass is 10.3. The van der Waals surface area contributed by atoms with E-state index < -0.39 is 10.0 Å². The predicted molar refractivity (Wildman–Crippen MR) is 76.5 cm³/mol. The van der Waals surface area contributed by atoms with Crippen LogP contribution in [0.15, 0.2) is 5.03 Å². The van der Waals surface area contributed by atoms with Crippen molar-refractivity contribution < 1.29 is 8.42 Å². The molecule has 2 unspecified atom stereocenters. The molecule has 0 aromatic carbocycles. The monoisotopic (exact) mass is 304 g/mol. The second-order valence-electron chi connectivity index (χ2n) is 4.77. The number of sulfonamides is 1. The van der Waals surface area contributed by atoms with Gasteiger partial charge in [-0.25, -0.2) is 13.1 Å². The molecule has 8 heteroatoms. The Hall–Kier alpha value is -0.570. The number of thioether (sulfide) groups is 1. The van der Waals surface area contributed by atoms with Crippen molar-refractivity contribution in [3.63, 3.8) is 0 Å². The molecule has 0 saturated heterocycles. The van der Waals surface area contributed by atoms with Crippen molar-refractivity contribution in [3.05, 3.63) is 11.3 Å². The van der Waals surface area contributed by atoms with Crippen molar-refractivity contribution in [2.24, 2.45) is 5.73 Å². The normalized spacial score (nSPS) is 23.9. The van der Waals surface area contributed by atoms with Gasteiger partial charge in [-0.05, 0) is 26.0 Å². The third kappa shape index (κ3) is 2.96. The van der Waals surface area contributed by atoms with Gasteiger partial charge >= 0.3 is 0 Å². The fourth-order valence-electron chi connectivity index (χ4n) is 2.49. The van der Waals surface area contributed by atoms with Gasteiger partial charge in [-0.1, -0.05) is 6.42 Å². The number of aryl methyl sites for hydroxylation is 1. The zero-order chi connectivity index (χ0) is 14.0. The summed E-state index contributed by atoms with van der Waals surface area (Å²) in [5, 5.41) is 6.96. The van der Waals surface area contributed by atoms with Gasteiger partial charge in [0.15, 0.2) is 5.03 Å². The molecule has 19 heavy (non-hydrogen) atoms. The largest absolute Gasteiger partial charge is 0.326 e. The summed E-state index contributed by atoms with van der Waals surface area (Å²) in [5.41, 5.74) is 6.86. The number of nitrogens with two attached hydrogens (primary N) is 1. The third-order valence-electron chi connectivity index (χ3n) is 3.56. The molecular weight excluding hydrogens is 284 g/mol. The molecule has 2 rings (SSSR count). The zero-order valence-electron chi connectivity index (χ0n) is 11.1. The van der Waals surface area contributed by atoms with Crippen LogP contribution in [0.5, 0.6) is 0 Å². The molecule has 0 amide bonds. The molecule has 1 fully saturated rings. The average molecular weight is 304 g/mol. The fourth-order valence-corrected chi connectivity index (χ4v) is 5.03. The summed E-state index contributed by atoms with van der Waals surface area (Å²) in [6, 6.07) is -0.0115. The molecule has 1 aromatic heterocycles. The minimum atomic E-state index is -3.59. The molecule has 108 valence electrons. The number of nitrogens with zero attached hydrogens (tertiary/aromatic N) is 1. The number of aromatic nitrogens is 2.